The van der Waals surface area contributed by atoms with Crippen molar-refractivity contribution in [3.8, 4) is 6.07 Å². The van der Waals surface area contributed by atoms with Crippen LogP contribution in [0.1, 0.15) is 73.0 Å². The molecule has 2 bridgehead atoms. The second-order valence-corrected chi connectivity index (χ2v) is 11.8. The minimum atomic E-state index is -0.710. The third kappa shape index (κ3) is 4.85. The molecule has 7 heteroatoms. The van der Waals surface area contributed by atoms with Gasteiger partial charge in [0.25, 0.3) is 5.56 Å². The molecule has 0 radical (unpaired) electrons. The molecule has 0 saturated heterocycles. The summed E-state index contributed by atoms with van der Waals surface area (Å²) < 4.78 is 6.55. The molecule has 2 aliphatic carbocycles. The van der Waals surface area contributed by atoms with Crippen LogP contribution in [0.2, 0.25) is 0 Å². The first-order valence-corrected chi connectivity index (χ1v) is 13.7. The molecule has 5 rings (SSSR count). The monoisotopic (exact) mass is 525 g/mol. The number of nitrogens with zero attached hydrogens (tertiary/aromatic N) is 2. The van der Waals surface area contributed by atoms with Gasteiger partial charge in [-0.3, -0.25) is 9.59 Å². The molecule has 2 saturated carbocycles. The van der Waals surface area contributed by atoms with Crippen molar-refractivity contribution in [1.82, 2.24) is 4.57 Å². The van der Waals surface area contributed by atoms with Crippen LogP contribution in [0.15, 0.2) is 47.3 Å². The molecule has 2 aliphatic rings. The third-order valence-corrected chi connectivity index (χ3v) is 8.71. The normalized spacial score (nSPS) is 24.1. The molecule has 2 fully saturated rings. The number of nitrogens with one attached hydrogen (secondary N) is 1. The summed E-state index contributed by atoms with van der Waals surface area (Å²) in [7, 11) is 1.26. The molecule has 1 N–H and O–H groups in total. The van der Waals surface area contributed by atoms with E-state index in [1.165, 1.54) is 20.0 Å². The number of esters is 1. The van der Waals surface area contributed by atoms with E-state index in [1.54, 1.807) is 35.8 Å². The fourth-order valence-corrected chi connectivity index (χ4v) is 7.40. The molecule has 0 aliphatic heterocycles. The summed E-state index contributed by atoms with van der Waals surface area (Å²) >= 11 is 0. The number of fused-ring (bicyclic) bond motifs is 3. The quantitative estimate of drug-likeness (QED) is 0.424. The summed E-state index contributed by atoms with van der Waals surface area (Å²) in [5, 5.41) is 13.1. The largest absolute Gasteiger partial charge is 0.465 e. The highest BCUT2D eigenvalue weighted by atomic mass is 16.5. The van der Waals surface area contributed by atoms with E-state index in [0.29, 0.717) is 45.5 Å². The number of carbonyl (C=O) groups is 2. The van der Waals surface area contributed by atoms with Gasteiger partial charge in [0.15, 0.2) is 0 Å². The van der Waals surface area contributed by atoms with Gasteiger partial charge in [-0.25, -0.2) is 4.79 Å². The maximum atomic E-state index is 14.0. The molecule has 2 unspecified atom stereocenters. The van der Waals surface area contributed by atoms with Crippen LogP contribution >= 0.6 is 0 Å². The first kappa shape index (κ1) is 26.7. The molecule has 1 heterocycles. The number of amides is 1. The van der Waals surface area contributed by atoms with E-state index >= 15 is 0 Å². The Labute approximate surface area is 228 Å². The van der Waals surface area contributed by atoms with Crippen LogP contribution < -0.4 is 10.9 Å². The Hall–Kier alpha value is -3.92. The first-order chi connectivity index (χ1) is 18.7. The Morgan fingerprint density at radius 1 is 1.08 bits per heavy atom. The number of aryl methyl sites for hydroxylation is 1. The average molecular weight is 526 g/mol. The lowest BCUT2D eigenvalue weighted by Crippen LogP contribution is -2.47. The van der Waals surface area contributed by atoms with Crippen molar-refractivity contribution in [2.75, 3.05) is 12.4 Å². The van der Waals surface area contributed by atoms with Crippen molar-refractivity contribution in [1.29, 1.82) is 5.26 Å². The smallest absolute Gasteiger partial charge is 0.343 e. The topological polar surface area (TPSA) is 101 Å². The van der Waals surface area contributed by atoms with Crippen molar-refractivity contribution in [3.05, 3.63) is 75.1 Å². The fourth-order valence-electron chi connectivity index (χ4n) is 7.40. The molecule has 7 nitrogen and oxygen atoms in total. The van der Waals surface area contributed by atoms with Gasteiger partial charge in [0.2, 0.25) is 5.91 Å². The van der Waals surface area contributed by atoms with Crippen LogP contribution in [0.25, 0.3) is 10.9 Å². The number of pyridine rings is 1. The Morgan fingerprint density at radius 3 is 2.36 bits per heavy atom. The SMILES string of the molecule is COC(=O)c1c(C)c2c(NC(=O)C34CC(C)CC(CC(C)C3)C4)cccc2n(Cc2ccc(C#N)cc2)c1=O. The van der Waals surface area contributed by atoms with Gasteiger partial charge in [0.05, 0.1) is 41.9 Å². The molecular formula is C32H35N3O4. The summed E-state index contributed by atoms with van der Waals surface area (Å²) in [6, 6.07) is 14.6. The van der Waals surface area contributed by atoms with Gasteiger partial charge in [-0.1, -0.05) is 32.0 Å². The van der Waals surface area contributed by atoms with Crippen molar-refractivity contribution >= 4 is 28.5 Å². The van der Waals surface area contributed by atoms with E-state index in [0.717, 1.165) is 24.8 Å². The Balaban J connectivity index is 1.62. The van der Waals surface area contributed by atoms with Gasteiger partial charge in [-0.05, 0) is 92.2 Å². The van der Waals surface area contributed by atoms with E-state index in [9.17, 15) is 14.4 Å². The van der Waals surface area contributed by atoms with Crippen molar-refractivity contribution in [3.63, 3.8) is 0 Å². The number of carbonyl (C=O) groups excluding carboxylic acids is 2. The molecule has 39 heavy (non-hydrogen) atoms. The highest BCUT2D eigenvalue weighted by molar-refractivity contribution is 6.07. The van der Waals surface area contributed by atoms with E-state index in [1.807, 2.05) is 18.2 Å². The maximum absolute atomic E-state index is 14.0. The van der Waals surface area contributed by atoms with E-state index in [-0.39, 0.29) is 18.0 Å². The number of anilines is 1. The molecule has 2 atom stereocenters. The lowest BCUT2D eigenvalue weighted by Gasteiger charge is -2.48. The van der Waals surface area contributed by atoms with E-state index in [2.05, 4.69) is 25.2 Å². The first-order valence-electron chi connectivity index (χ1n) is 13.7. The molecule has 1 aromatic heterocycles. The summed E-state index contributed by atoms with van der Waals surface area (Å²) in [5.74, 6) is 0.889. The number of ether oxygens (including phenoxy) is 1. The highest BCUT2D eigenvalue weighted by Gasteiger charge is 2.49. The zero-order chi connectivity index (χ0) is 27.9. The number of methoxy groups -OCH3 is 1. The van der Waals surface area contributed by atoms with Crippen LogP contribution in [0.3, 0.4) is 0 Å². The minimum absolute atomic E-state index is 0.0296. The summed E-state index contributed by atoms with van der Waals surface area (Å²) in [4.78, 5) is 40.5. The average Bonchev–Trinajstić information content (AvgIpc) is 2.90. The highest BCUT2D eigenvalue weighted by Crippen LogP contribution is 2.53. The summed E-state index contributed by atoms with van der Waals surface area (Å²) in [6.07, 6.45) is 5.02. The zero-order valence-electron chi connectivity index (χ0n) is 23.0. The van der Waals surface area contributed by atoms with Gasteiger partial charge in [0.1, 0.15) is 5.56 Å². The number of benzene rings is 2. The lowest BCUT2D eigenvalue weighted by atomic mass is 9.56. The maximum Gasteiger partial charge on any atom is 0.343 e. The van der Waals surface area contributed by atoms with Crippen molar-refractivity contribution in [2.24, 2.45) is 23.2 Å². The minimum Gasteiger partial charge on any atom is -0.465 e. The summed E-state index contributed by atoms with van der Waals surface area (Å²) in [6.45, 7) is 6.42. The van der Waals surface area contributed by atoms with Gasteiger partial charge < -0.3 is 14.6 Å². The lowest BCUT2D eigenvalue weighted by molar-refractivity contribution is -0.133. The fraction of sp³-hybridized carbons (Fsp3) is 0.438. The van der Waals surface area contributed by atoms with Gasteiger partial charge in [0, 0.05) is 5.39 Å². The number of nitriles is 1. The number of rotatable bonds is 5. The van der Waals surface area contributed by atoms with E-state index in [4.69, 9.17) is 10.00 Å². The molecular weight excluding hydrogens is 490 g/mol. The van der Waals surface area contributed by atoms with Gasteiger partial charge in [-0.15, -0.1) is 0 Å². The van der Waals surface area contributed by atoms with Gasteiger partial charge >= 0.3 is 5.97 Å². The number of hydrogen-bond acceptors (Lipinski definition) is 5. The van der Waals surface area contributed by atoms with Crippen LogP contribution in [0, 0.1) is 41.4 Å². The number of hydrogen-bond donors (Lipinski definition) is 1. The van der Waals surface area contributed by atoms with Crippen LogP contribution in [-0.2, 0) is 16.1 Å². The van der Waals surface area contributed by atoms with Crippen LogP contribution in [0.4, 0.5) is 5.69 Å². The summed E-state index contributed by atoms with van der Waals surface area (Å²) in [5.41, 5.74) is 2.13. The number of aromatic nitrogens is 1. The zero-order valence-corrected chi connectivity index (χ0v) is 23.0. The molecule has 3 aromatic rings. The molecule has 0 spiro atoms. The van der Waals surface area contributed by atoms with E-state index < -0.39 is 16.9 Å². The Kier molecular flexibility index (Phi) is 7.07. The Morgan fingerprint density at radius 2 is 1.74 bits per heavy atom. The molecule has 202 valence electrons. The molecule has 1 amide bonds. The van der Waals surface area contributed by atoms with Crippen LogP contribution in [-0.4, -0.2) is 23.6 Å². The second-order valence-electron chi connectivity index (χ2n) is 11.8. The molecule has 2 aromatic carbocycles. The van der Waals surface area contributed by atoms with Crippen molar-refractivity contribution in [2.45, 2.75) is 59.4 Å². The second kappa shape index (κ2) is 10.3. The van der Waals surface area contributed by atoms with Crippen molar-refractivity contribution < 1.29 is 14.3 Å². The van der Waals surface area contributed by atoms with Crippen LogP contribution in [0.5, 0.6) is 0 Å². The van der Waals surface area contributed by atoms with Gasteiger partial charge in [-0.2, -0.15) is 5.26 Å². The standard InChI is InChI=1S/C32H35N3O4/c1-19-12-24-13-20(2)15-32(14-19,16-24)31(38)34-25-6-5-7-26-27(25)21(3)28(30(37)39-4)29(36)35(26)18-23-10-8-22(17-33)9-11-23/h5-11,19-20,24H,12-16,18H2,1-4H3,(H,34,38). The predicted octanol–water partition coefficient (Wildman–Crippen LogP) is 5.81. The Bertz CT molecular complexity index is 1530. The third-order valence-electron chi connectivity index (χ3n) is 8.71. The predicted molar refractivity (Wildman–Crippen MR) is 151 cm³/mol.